The summed E-state index contributed by atoms with van der Waals surface area (Å²) in [5, 5.41) is 103. The average Bonchev–Trinajstić information content (AvgIpc) is 1.53. The molecule has 18 atom stereocenters. The van der Waals surface area contributed by atoms with Crippen molar-refractivity contribution in [1.29, 1.82) is 0 Å². The molecule has 4 aromatic rings. The van der Waals surface area contributed by atoms with Crippen molar-refractivity contribution >= 4 is 38.3 Å². The maximum Gasteiger partial charge on any atom is 0.228 e. The van der Waals surface area contributed by atoms with Gasteiger partial charge in [0.05, 0.1) is 49.1 Å². The van der Waals surface area contributed by atoms with Crippen molar-refractivity contribution in [2.75, 3.05) is 39.6 Å². The molecule has 10 N–H and O–H groups in total. The summed E-state index contributed by atoms with van der Waals surface area (Å²) in [4.78, 5) is 14.9. The molecule has 5 aliphatic carbocycles. The van der Waals surface area contributed by atoms with Crippen molar-refractivity contribution in [3.8, 4) is 52.4 Å². The second-order valence-corrected chi connectivity index (χ2v) is 32.9. The summed E-state index contributed by atoms with van der Waals surface area (Å²) in [5.74, 6) is 16.2. The van der Waals surface area contributed by atoms with Crippen molar-refractivity contribution in [3.05, 3.63) is 77.1 Å². The van der Waals surface area contributed by atoms with Crippen LogP contribution in [0.1, 0.15) is 188 Å². The number of aliphatic hydroxyl groups excluding tert-OH is 6. The van der Waals surface area contributed by atoms with E-state index in [1.807, 2.05) is 47.3 Å². The van der Waals surface area contributed by atoms with Crippen molar-refractivity contribution in [2.24, 2.45) is 58.2 Å². The van der Waals surface area contributed by atoms with Gasteiger partial charge in [0.15, 0.2) is 29.8 Å². The monoisotopic (exact) mass is 1360 g/mol. The minimum Gasteiger partial charge on any atom is -0.504 e. The second kappa shape index (κ2) is 30.5. The van der Waals surface area contributed by atoms with Crippen LogP contribution in [0.25, 0.3) is 10.8 Å². The number of phenols is 2. The largest absolute Gasteiger partial charge is 0.504 e. The van der Waals surface area contributed by atoms with Crippen LogP contribution in [-0.4, -0.2) is 133 Å². The lowest BCUT2D eigenvalue weighted by Gasteiger charge is -2.55. The molecular formula is C77H103N3O14S2. The van der Waals surface area contributed by atoms with Crippen LogP contribution in [0.15, 0.2) is 54.9 Å². The van der Waals surface area contributed by atoms with E-state index in [0.29, 0.717) is 61.9 Å². The van der Waals surface area contributed by atoms with Gasteiger partial charge in [0.2, 0.25) is 11.7 Å². The highest BCUT2D eigenvalue weighted by Crippen LogP contribution is 2.61. The SMILES string of the molecule is COc1cc(C[C@@H]2[C@H](O)C[C@@H](OCO)CCc3cc4c(O)cc3[C@H](C[C@H](O)c3cccc5cn(cc35)COCCC[C@H]3NC(=O)[C@]56CCCC[C@H]5C#CC[C@H]5C[C@H](C)C[C@]7(C#CCC8(CCCCC8)NC[C@H]8CC[C@@H](C[C@H]87)O4)[C@H]5CC[C@@H](O)[C@H]36)SSC[C@@H]2O)cc(OCO)c1O. The van der Waals surface area contributed by atoms with E-state index in [-0.39, 0.29) is 108 Å². The van der Waals surface area contributed by atoms with Crippen LogP contribution in [-0.2, 0) is 33.8 Å². The van der Waals surface area contributed by atoms with Crippen molar-refractivity contribution in [1.82, 2.24) is 15.2 Å². The van der Waals surface area contributed by atoms with Crippen LogP contribution in [0, 0.1) is 81.9 Å². The molecule has 3 spiro atoms. The fourth-order valence-corrected chi connectivity index (χ4v) is 22.9. The number of nitrogens with one attached hydrogen (secondary N) is 2. The highest BCUT2D eigenvalue weighted by Gasteiger charge is 2.62. The highest BCUT2D eigenvalue weighted by atomic mass is 33.1. The third-order valence-corrected chi connectivity index (χ3v) is 27.3. The quantitative estimate of drug-likeness (QED) is 0.0469. The van der Waals surface area contributed by atoms with E-state index in [9.17, 15) is 45.6 Å². The molecule has 5 fully saturated rings. The lowest BCUT2D eigenvalue weighted by Crippen LogP contribution is -2.54. The Labute approximate surface area is 574 Å². The van der Waals surface area contributed by atoms with Gasteiger partial charge in [-0.15, -0.1) is 11.8 Å². The molecule has 10 bridgehead atoms. The Morgan fingerprint density at radius 2 is 1.65 bits per heavy atom. The lowest BCUT2D eigenvalue weighted by atomic mass is 9.48. The molecule has 522 valence electrons. The lowest BCUT2D eigenvalue weighted by molar-refractivity contribution is -0.136. The number of fused-ring (bicyclic) bond motifs is 6. The minimum absolute atomic E-state index is 0.0146. The van der Waals surface area contributed by atoms with Gasteiger partial charge in [-0.05, 0) is 204 Å². The van der Waals surface area contributed by atoms with Gasteiger partial charge >= 0.3 is 0 Å². The predicted octanol–water partition coefficient (Wildman–Crippen LogP) is 11.3. The van der Waals surface area contributed by atoms with Crippen LogP contribution in [0.5, 0.6) is 28.7 Å². The number of phenolic OH excluding ortho intramolecular Hbond substituents is 2. The standard InChI is InChI=1S/C77H103N3O14S2/c1-47-30-50-12-8-15-53-14-4-7-28-77(53)72-62(79-74(77)89)17-10-29-91-44-80-41-52-13-9-16-56(59(52)42-80)65(85)38-71-57-37-66(86)68(94-55-21-19-51-40-78-75(24-5-3-6-25-75)26-11-27-76(39-47,61(51)35-55)60(50)22-23-63(72)83)34-49(57)18-20-54(92-45-81)36-64(84)58(67(87)43-95-96-71)31-48-32-69(90-2)73(88)70(33-48)93-46-82/h9,13,16,32-34,37,41-42,47,50-51,53-55,58,60-65,67,71-72,78,81-88H,3-7,10,12,14,17-26,28-31,35-36,38-40,43-46H2,1-2H3,(H,79,89)/t47-,50-,51+,53-,54-,55-,58+,60-,61+,62+,63+,64+,65-,67-,71-,72-,76+,77+/m0/s1. The highest BCUT2D eigenvalue weighted by molar-refractivity contribution is 8.76. The Morgan fingerprint density at radius 3 is 2.48 bits per heavy atom. The first-order chi connectivity index (χ1) is 46.6. The average molecular weight is 1360 g/mol. The second-order valence-electron chi connectivity index (χ2n) is 30.2. The molecule has 0 radical (unpaired) electrons. The molecule has 96 heavy (non-hydrogen) atoms. The summed E-state index contributed by atoms with van der Waals surface area (Å²) in [6.07, 6.45) is 18.2. The van der Waals surface area contributed by atoms with Crippen LogP contribution >= 0.6 is 21.6 Å². The number of methoxy groups -OCH3 is 1. The van der Waals surface area contributed by atoms with Gasteiger partial charge in [-0.1, -0.05) is 90.7 Å². The zero-order valence-electron chi connectivity index (χ0n) is 56.1. The molecule has 19 heteroatoms. The van der Waals surface area contributed by atoms with Crippen LogP contribution in [0.3, 0.4) is 0 Å². The number of benzene rings is 3. The molecule has 3 aromatic carbocycles. The van der Waals surface area contributed by atoms with E-state index >= 15 is 0 Å². The van der Waals surface area contributed by atoms with Gasteiger partial charge in [-0.2, -0.15) is 0 Å². The van der Waals surface area contributed by atoms with Crippen molar-refractivity contribution in [2.45, 2.75) is 228 Å². The molecule has 4 saturated carbocycles. The van der Waals surface area contributed by atoms with E-state index in [1.54, 1.807) is 12.1 Å². The smallest absolute Gasteiger partial charge is 0.228 e. The van der Waals surface area contributed by atoms with E-state index in [0.717, 1.165) is 124 Å². The van der Waals surface area contributed by atoms with E-state index in [2.05, 4.69) is 41.2 Å². The number of ether oxygens (including phenoxy) is 5. The maximum atomic E-state index is 14.9. The number of aromatic hydroxyl groups is 2. The summed E-state index contributed by atoms with van der Waals surface area (Å²) in [6.45, 7) is 2.70. The van der Waals surface area contributed by atoms with Gasteiger partial charge in [0, 0.05) is 83.0 Å². The third kappa shape index (κ3) is 14.4. The number of aliphatic hydroxyl groups is 6. The maximum absolute atomic E-state index is 14.9. The summed E-state index contributed by atoms with van der Waals surface area (Å²) < 4.78 is 32.7. The van der Waals surface area contributed by atoms with Gasteiger partial charge in [0.25, 0.3) is 0 Å². The molecule has 0 unspecified atom stereocenters. The number of carbonyl (C=O) groups excluding carboxylic acids is 1. The first-order valence-corrected chi connectivity index (χ1v) is 38.6. The van der Waals surface area contributed by atoms with Crippen molar-refractivity contribution in [3.63, 3.8) is 0 Å². The molecule has 14 rings (SSSR count). The number of hydrogen-bond acceptors (Lipinski definition) is 17. The minimum atomic E-state index is -1.14. The number of rotatable bonds is 7. The number of aryl methyl sites for hydroxylation is 1. The van der Waals surface area contributed by atoms with E-state index in [1.165, 1.54) is 48.0 Å². The van der Waals surface area contributed by atoms with Crippen LogP contribution < -0.4 is 24.8 Å². The number of nitrogens with zero attached hydrogens (tertiary/aromatic N) is 1. The Balaban J connectivity index is 0.895. The Bertz CT molecular complexity index is 3480. The zero-order valence-corrected chi connectivity index (χ0v) is 57.8. The van der Waals surface area contributed by atoms with Gasteiger partial charge in [-0.3, -0.25) is 4.79 Å². The third-order valence-electron chi connectivity index (χ3n) is 24.5. The van der Waals surface area contributed by atoms with Crippen LogP contribution in [0.4, 0.5) is 0 Å². The number of carbonyl (C=O) groups is 1. The first kappa shape index (κ1) is 69.6. The fraction of sp³-hybridized carbons (Fsp3) is 0.675. The van der Waals surface area contributed by atoms with Crippen LogP contribution in [0.2, 0.25) is 0 Å². The molecule has 1 aromatic heterocycles. The molecule has 6 heterocycles. The molecule has 17 nitrogen and oxygen atoms in total. The van der Waals surface area contributed by atoms with Gasteiger partial charge in [-0.25, -0.2) is 0 Å². The fourth-order valence-electron chi connectivity index (χ4n) is 20.0. The number of aromatic nitrogens is 1. The molecule has 5 aliphatic heterocycles. The Hall–Kier alpha value is -4.87. The summed E-state index contributed by atoms with van der Waals surface area (Å²) in [7, 11) is 4.31. The first-order valence-electron chi connectivity index (χ1n) is 36.2. The summed E-state index contributed by atoms with van der Waals surface area (Å²) in [6, 6.07) is 12.6. The summed E-state index contributed by atoms with van der Waals surface area (Å²) in [5.41, 5.74) is 1.72. The van der Waals surface area contributed by atoms with Gasteiger partial charge < -0.3 is 79.7 Å². The molecular weight excluding hydrogens is 1250 g/mol. The Kier molecular flexibility index (Phi) is 22.1. The molecule has 1 amide bonds. The van der Waals surface area contributed by atoms with E-state index < -0.39 is 66.1 Å². The Morgan fingerprint density at radius 1 is 0.802 bits per heavy atom. The summed E-state index contributed by atoms with van der Waals surface area (Å²) >= 11 is 0. The number of amides is 1. The number of hydrogen-bond donors (Lipinski definition) is 10. The van der Waals surface area contributed by atoms with E-state index in [4.69, 9.17) is 23.7 Å². The zero-order chi connectivity index (χ0) is 66.7. The molecule has 10 aliphatic rings. The molecule has 1 saturated heterocycles. The normalized spacial score (nSPS) is 36.0. The van der Waals surface area contributed by atoms with Gasteiger partial charge in [0.1, 0.15) is 13.5 Å². The topological polar surface area (TPSA) is 254 Å². The van der Waals surface area contributed by atoms with Crippen molar-refractivity contribution < 1.29 is 69.3 Å². The predicted molar refractivity (Wildman–Crippen MR) is 371 cm³/mol.